The zero-order valence-corrected chi connectivity index (χ0v) is 15.7. The Bertz CT molecular complexity index is 697. The van der Waals surface area contributed by atoms with E-state index in [-0.39, 0.29) is 19.0 Å². The van der Waals surface area contributed by atoms with Crippen LogP contribution in [0.1, 0.15) is 19.0 Å². The van der Waals surface area contributed by atoms with E-state index >= 15 is 0 Å². The summed E-state index contributed by atoms with van der Waals surface area (Å²) in [6.07, 6.45) is 5.73. The average Bonchev–Trinajstić information content (AvgIpc) is 3.30. The zero-order valence-electron chi connectivity index (χ0n) is 15.7. The van der Waals surface area contributed by atoms with Gasteiger partial charge in [-0.3, -0.25) is 9.59 Å². The smallest absolute Gasteiger partial charge is 0.409 e. The topological polar surface area (TPSA) is 133 Å². The Morgan fingerprint density at radius 3 is 2.71 bits per heavy atom. The van der Waals surface area contributed by atoms with Gasteiger partial charge in [-0.25, -0.2) is 9.78 Å². The molecule has 1 unspecified atom stereocenters. The van der Waals surface area contributed by atoms with Crippen molar-refractivity contribution < 1.29 is 29.3 Å². The molecule has 28 heavy (non-hydrogen) atoms. The molecule has 0 aromatic carbocycles. The second kappa shape index (κ2) is 13.1. The average molecular weight is 394 g/mol. The standard InChI is InChI=1S/C16H22N4O2.2CH2O2/c1-2-22-16(21)20-10-7-13(11-20)17-8-6-14-12-19-9-4-3-5-15(19)18-14;2*2-1-3/h3-5,9,12-13,17H,2,6-8,10-11H2,1H3;2*1H,(H,2,3). The minimum atomic E-state index is -0.250. The molecule has 3 rings (SSSR count). The van der Waals surface area contributed by atoms with Gasteiger partial charge in [-0.05, 0) is 25.5 Å². The molecule has 1 aliphatic rings. The number of ether oxygens (including phenoxy) is 1. The lowest BCUT2D eigenvalue weighted by Crippen LogP contribution is -2.36. The number of aromatic nitrogens is 2. The predicted molar refractivity (Wildman–Crippen MR) is 101 cm³/mol. The van der Waals surface area contributed by atoms with Crippen molar-refractivity contribution in [1.82, 2.24) is 19.6 Å². The number of amides is 1. The number of carbonyl (C=O) groups excluding carboxylic acids is 1. The van der Waals surface area contributed by atoms with Gasteiger partial charge in [-0.2, -0.15) is 0 Å². The molecule has 1 atom stereocenters. The highest BCUT2D eigenvalue weighted by atomic mass is 16.6. The number of fused-ring (bicyclic) bond motifs is 1. The fourth-order valence-corrected chi connectivity index (χ4v) is 2.82. The van der Waals surface area contributed by atoms with Crippen LogP contribution in [0, 0.1) is 0 Å². The van der Waals surface area contributed by atoms with Crippen LogP contribution in [0.3, 0.4) is 0 Å². The lowest BCUT2D eigenvalue weighted by Gasteiger charge is -2.16. The summed E-state index contributed by atoms with van der Waals surface area (Å²) >= 11 is 0. The van der Waals surface area contributed by atoms with Crippen LogP contribution >= 0.6 is 0 Å². The van der Waals surface area contributed by atoms with E-state index in [1.54, 1.807) is 4.90 Å². The second-order valence-corrected chi connectivity index (χ2v) is 5.74. The van der Waals surface area contributed by atoms with Gasteiger partial charge in [0.2, 0.25) is 0 Å². The Balaban J connectivity index is 0.000000582. The quantitative estimate of drug-likeness (QED) is 0.642. The first-order chi connectivity index (χ1) is 13.6. The van der Waals surface area contributed by atoms with Crippen molar-refractivity contribution in [1.29, 1.82) is 0 Å². The Hall–Kier alpha value is -3.14. The third kappa shape index (κ3) is 7.62. The number of rotatable bonds is 5. The molecule has 0 bridgehead atoms. The van der Waals surface area contributed by atoms with Gasteiger partial charge in [0, 0.05) is 44.5 Å². The predicted octanol–water partition coefficient (Wildman–Crippen LogP) is 1.10. The minimum Gasteiger partial charge on any atom is -0.483 e. The van der Waals surface area contributed by atoms with Crippen LogP contribution in [0.25, 0.3) is 5.65 Å². The number of nitrogens with one attached hydrogen (secondary N) is 1. The molecule has 2 aromatic rings. The number of carbonyl (C=O) groups is 3. The van der Waals surface area contributed by atoms with Gasteiger partial charge in [-0.1, -0.05) is 6.07 Å². The van der Waals surface area contributed by atoms with E-state index in [0.29, 0.717) is 12.6 Å². The number of carboxylic acid groups (broad SMARTS) is 2. The van der Waals surface area contributed by atoms with Crippen molar-refractivity contribution >= 4 is 24.7 Å². The normalized spacial score (nSPS) is 15.0. The summed E-state index contributed by atoms with van der Waals surface area (Å²) in [4.78, 5) is 34.7. The van der Waals surface area contributed by atoms with Crippen molar-refractivity contribution in [2.75, 3.05) is 26.2 Å². The number of hydrogen-bond acceptors (Lipinski definition) is 6. The van der Waals surface area contributed by atoms with Crippen LogP contribution in [0.2, 0.25) is 0 Å². The van der Waals surface area contributed by atoms with Crippen LogP contribution < -0.4 is 5.32 Å². The molecule has 0 radical (unpaired) electrons. The highest BCUT2D eigenvalue weighted by molar-refractivity contribution is 5.68. The first-order valence-corrected chi connectivity index (χ1v) is 8.82. The molecule has 3 heterocycles. The van der Waals surface area contributed by atoms with E-state index in [1.807, 2.05) is 35.7 Å². The third-order valence-electron chi connectivity index (χ3n) is 3.94. The molecule has 0 saturated carbocycles. The molecule has 154 valence electrons. The molecule has 1 aliphatic heterocycles. The SMILES string of the molecule is CCOC(=O)N1CCC(NCCc2cn3ccccc3n2)C1.O=CO.O=CO. The number of imidazole rings is 1. The number of pyridine rings is 1. The Labute approximate surface area is 162 Å². The molecule has 1 saturated heterocycles. The largest absolute Gasteiger partial charge is 0.483 e. The summed E-state index contributed by atoms with van der Waals surface area (Å²) in [5.74, 6) is 0. The maximum Gasteiger partial charge on any atom is 0.409 e. The molecule has 2 aromatic heterocycles. The Morgan fingerprint density at radius 2 is 2.07 bits per heavy atom. The summed E-state index contributed by atoms with van der Waals surface area (Å²) in [5, 5.41) is 17.3. The van der Waals surface area contributed by atoms with Crippen molar-refractivity contribution in [3.63, 3.8) is 0 Å². The van der Waals surface area contributed by atoms with Gasteiger partial charge >= 0.3 is 6.09 Å². The fraction of sp³-hybridized carbons (Fsp3) is 0.444. The summed E-state index contributed by atoms with van der Waals surface area (Å²) in [6.45, 7) is 4.12. The monoisotopic (exact) mass is 394 g/mol. The van der Waals surface area contributed by atoms with Crippen LogP contribution in [0.15, 0.2) is 30.6 Å². The second-order valence-electron chi connectivity index (χ2n) is 5.74. The van der Waals surface area contributed by atoms with Crippen LogP contribution in [0.4, 0.5) is 4.79 Å². The first kappa shape index (κ1) is 22.9. The molecule has 10 heteroatoms. The molecule has 0 aliphatic carbocycles. The van der Waals surface area contributed by atoms with Crippen LogP contribution in [0.5, 0.6) is 0 Å². The lowest BCUT2D eigenvalue weighted by molar-refractivity contribution is -0.123. The van der Waals surface area contributed by atoms with E-state index in [0.717, 1.165) is 43.8 Å². The number of nitrogens with zero attached hydrogens (tertiary/aromatic N) is 3. The van der Waals surface area contributed by atoms with Gasteiger partial charge < -0.3 is 29.6 Å². The van der Waals surface area contributed by atoms with Gasteiger partial charge in [0.25, 0.3) is 12.9 Å². The highest BCUT2D eigenvalue weighted by Crippen LogP contribution is 2.11. The Kier molecular flexibility index (Phi) is 10.7. The maximum absolute atomic E-state index is 11.6. The van der Waals surface area contributed by atoms with E-state index in [2.05, 4.69) is 16.5 Å². The maximum atomic E-state index is 11.6. The van der Waals surface area contributed by atoms with Gasteiger partial charge in [0.05, 0.1) is 12.3 Å². The molecule has 1 amide bonds. The molecular weight excluding hydrogens is 368 g/mol. The molecule has 1 fully saturated rings. The van der Waals surface area contributed by atoms with E-state index in [4.69, 9.17) is 24.5 Å². The minimum absolute atomic E-state index is 0.202. The number of hydrogen-bond donors (Lipinski definition) is 3. The molecule has 0 spiro atoms. The van der Waals surface area contributed by atoms with Gasteiger partial charge in [-0.15, -0.1) is 0 Å². The Morgan fingerprint density at radius 1 is 1.36 bits per heavy atom. The van der Waals surface area contributed by atoms with Crippen molar-refractivity contribution in [2.45, 2.75) is 25.8 Å². The van der Waals surface area contributed by atoms with E-state index in [9.17, 15) is 4.79 Å². The van der Waals surface area contributed by atoms with Crippen molar-refractivity contribution in [2.24, 2.45) is 0 Å². The highest BCUT2D eigenvalue weighted by Gasteiger charge is 2.26. The molecule has 10 nitrogen and oxygen atoms in total. The van der Waals surface area contributed by atoms with Crippen molar-refractivity contribution in [3.05, 3.63) is 36.3 Å². The van der Waals surface area contributed by atoms with E-state index < -0.39 is 0 Å². The summed E-state index contributed by atoms with van der Waals surface area (Å²) in [5.41, 5.74) is 2.06. The summed E-state index contributed by atoms with van der Waals surface area (Å²) < 4.78 is 7.06. The zero-order chi connectivity index (χ0) is 20.8. The third-order valence-corrected chi connectivity index (χ3v) is 3.94. The lowest BCUT2D eigenvalue weighted by atomic mass is 10.2. The summed E-state index contributed by atoms with van der Waals surface area (Å²) in [6, 6.07) is 6.35. The van der Waals surface area contributed by atoms with Crippen LogP contribution in [-0.4, -0.2) is 75.8 Å². The first-order valence-electron chi connectivity index (χ1n) is 8.82. The number of likely N-dealkylation sites (tertiary alicyclic amines) is 1. The molecule has 3 N–H and O–H groups in total. The van der Waals surface area contributed by atoms with Gasteiger partial charge in [0.1, 0.15) is 5.65 Å². The fourth-order valence-electron chi connectivity index (χ4n) is 2.82. The van der Waals surface area contributed by atoms with Crippen LogP contribution in [-0.2, 0) is 20.7 Å². The summed E-state index contributed by atoms with van der Waals surface area (Å²) in [7, 11) is 0. The molecular formula is C18H26N4O6. The van der Waals surface area contributed by atoms with Gasteiger partial charge in [0.15, 0.2) is 0 Å². The van der Waals surface area contributed by atoms with E-state index in [1.165, 1.54) is 0 Å². The van der Waals surface area contributed by atoms with Crippen molar-refractivity contribution in [3.8, 4) is 0 Å².